The van der Waals surface area contributed by atoms with E-state index in [0.29, 0.717) is 25.0 Å². The molecule has 1 unspecified atom stereocenters. The second-order valence-electron chi connectivity index (χ2n) is 6.58. The predicted octanol–water partition coefficient (Wildman–Crippen LogP) is 4.96. The Bertz CT molecular complexity index is 1120. The standard InChI is InChI=1S/C22H22ClN5OS/c1-3-29-20-17-11-14(8-9-19(17)27-21(24-2)28-20)10-16-13-26-22(30-16)25-12-15-6-4-5-7-18(15)23/h4-11,13,22,25H,3,12H2,1-2H3,(H,24,27,28). The van der Waals surface area contributed by atoms with Crippen LogP contribution in [0.25, 0.3) is 17.0 Å². The number of halogens is 1. The second-order valence-corrected chi connectivity index (χ2v) is 8.14. The maximum atomic E-state index is 6.23. The van der Waals surface area contributed by atoms with Crippen LogP contribution in [0.3, 0.4) is 0 Å². The molecule has 154 valence electrons. The maximum absolute atomic E-state index is 6.23. The van der Waals surface area contributed by atoms with Crippen LogP contribution in [0.4, 0.5) is 5.95 Å². The lowest BCUT2D eigenvalue weighted by molar-refractivity contribution is 0.331. The molecule has 8 heteroatoms. The molecule has 1 aliphatic heterocycles. The fraction of sp³-hybridized carbons (Fsp3) is 0.227. The molecular formula is C22H22ClN5OS. The molecule has 0 bridgehead atoms. The number of ether oxygens (including phenoxy) is 1. The molecule has 6 nitrogen and oxygen atoms in total. The minimum Gasteiger partial charge on any atom is -0.477 e. The van der Waals surface area contributed by atoms with Crippen molar-refractivity contribution < 1.29 is 4.74 Å². The molecule has 0 radical (unpaired) electrons. The van der Waals surface area contributed by atoms with E-state index in [0.717, 1.165) is 32.0 Å². The summed E-state index contributed by atoms with van der Waals surface area (Å²) in [5, 5.41) is 8.04. The zero-order valence-electron chi connectivity index (χ0n) is 16.7. The number of fused-ring (bicyclic) bond motifs is 1. The number of aliphatic imine (C=N–C) groups is 1. The summed E-state index contributed by atoms with van der Waals surface area (Å²) in [4.78, 5) is 14.6. The van der Waals surface area contributed by atoms with E-state index < -0.39 is 0 Å². The lowest BCUT2D eigenvalue weighted by Gasteiger charge is -2.10. The number of rotatable bonds is 7. The van der Waals surface area contributed by atoms with Gasteiger partial charge in [-0.15, -0.1) is 0 Å². The number of allylic oxidation sites excluding steroid dienone is 1. The summed E-state index contributed by atoms with van der Waals surface area (Å²) in [7, 11) is 1.79. The molecule has 30 heavy (non-hydrogen) atoms. The molecule has 0 fully saturated rings. The molecule has 0 amide bonds. The molecule has 1 aliphatic rings. The van der Waals surface area contributed by atoms with Gasteiger partial charge in [0.2, 0.25) is 11.8 Å². The van der Waals surface area contributed by atoms with Gasteiger partial charge in [0.25, 0.3) is 0 Å². The predicted molar refractivity (Wildman–Crippen MR) is 126 cm³/mol. The van der Waals surface area contributed by atoms with Crippen LogP contribution >= 0.6 is 23.4 Å². The van der Waals surface area contributed by atoms with Crippen LogP contribution in [0.2, 0.25) is 5.02 Å². The highest BCUT2D eigenvalue weighted by Gasteiger charge is 2.16. The third-order valence-electron chi connectivity index (χ3n) is 4.51. The Labute approximate surface area is 184 Å². The van der Waals surface area contributed by atoms with E-state index in [9.17, 15) is 0 Å². The summed E-state index contributed by atoms with van der Waals surface area (Å²) in [5.41, 5.74) is 2.91. The van der Waals surface area contributed by atoms with Crippen LogP contribution in [0, 0.1) is 0 Å². The van der Waals surface area contributed by atoms with Crippen LogP contribution in [0.15, 0.2) is 52.4 Å². The highest BCUT2D eigenvalue weighted by atomic mass is 35.5. The summed E-state index contributed by atoms with van der Waals surface area (Å²) in [6, 6.07) is 13.9. The van der Waals surface area contributed by atoms with Crippen molar-refractivity contribution in [3.63, 3.8) is 0 Å². The smallest absolute Gasteiger partial charge is 0.226 e. The minimum absolute atomic E-state index is 0.0338. The number of benzene rings is 2. The average Bonchev–Trinajstić information content (AvgIpc) is 3.20. The maximum Gasteiger partial charge on any atom is 0.226 e. The first-order valence-corrected chi connectivity index (χ1v) is 10.9. The molecule has 0 saturated carbocycles. The molecule has 1 atom stereocenters. The number of thioether (sulfide) groups is 1. The minimum atomic E-state index is -0.0338. The molecule has 1 aromatic heterocycles. The van der Waals surface area contributed by atoms with Crippen LogP contribution < -0.4 is 15.4 Å². The summed E-state index contributed by atoms with van der Waals surface area (Å²) in [5.74, 6) is 1.13. The van der Waals surface area contributed by atoms with Crippen molar-refractivity contribution in [1.29, 1.82) is 0 Å². The van der Waals surface area contributed by atoms with E-state index in [-0.39, 0.29) is 5.50 Å². The summed E-state index contributed by atoms with van der Waals surface area (Å²) in [6.07, 6.45) is 4.00. The van der Waals surface area contributed by atoms with E-state index in [1.165, 1.54) is 0 Å². The molecule has 0 spiro atoms. The van der Waals surface area contributed by atoms with Crippen molar-refractivity contribution in [3.05, 3.63) is 63.5 Å². The van der Waals surface area contributed by atoms with Gasteiger partial charge in [0, 0.05) is 29.7 Å². The highest BCUT2D eigenvalue weighted by molar-refractivity contribution is 8.04. The molecule has 0 saturated heterocycles. The Morgan fingerprint density at radius 1 is 1.20 bits per heavy atom. The quantitative estimate of drug-likeness (QED) is 0.542. The van der Waals surface area contributed by atoms with E-state index in [1.807, 2.05) is 55.6 Å². The fourth-order valence-electron chi connectivity index (χ4n) is 3.07. The summed E-state index contributed by atoms with van der Waals surface area (Å²) >= 11 is 7.90. The SMILES string of the molecule is CCOc1nc(NC)nc2ccc(C=C3C=NC(NCc4ccccc4Cl)S3)cc12. The van der Waals surface area contributed by atoms with Crippen LogP contribution in [-0.4, -0.2) is 35.3 Å². The monoisotopic (exact) mass is 439 g/mol. The number of aromatic nitrogens is 2. The molecular weight excluding hydrogens is 418 g/mol. The molecule has 2 heterocycles. The zero-order chi connectivity index (χ0) is 20.9. The topological polar surface area (TPSA) is 71.4 Å². The van der Waals surface area contributed by atoms with Gasteiger partial charge in [-0.05, 0) is 42.3 Å². The van der Waals surface area contributed by atoms with Crippen molar-refractivity contribution >= 4 is 52.5 Å². The molecule has 2 aromatic carbocycles. The van der Waals surface area contributed by atoms with Gasteiger partial charge in [-0.3, -0.25) is 10.3 Å². The van der Waals surface area contributed by atoms with Crippen molar-refractivity contribution in [3.8, 4) is 5.88 Å². The Kier molecular flexibility index (Phi) is 6.52. The van der Waals surface area contributed by atoms with E-state index >= 15 is 0 Å². The van der Waals surface area contributed by atoms with Crippen molar-refractivity contribution in [2.75, 3.05) is 19.0 Å². The zero-order valence-corrected chi connectivity index (χ0v) is 18.3. The third-order valence-corrected chi connectivity index (χ3v) is 5.88. The fourth-order valence-corrected chi connectivity index (χ4v) is 4.14. The van der Waals surface area contributed by atoms with Gasteiger partial charge < -0.3 is 10.1 Å². The lowest BCUT2D eigenvalue weighted by Crippen LogP contribution is -2.21. The first-order valence-electron chi connectivity index (χ1n) is 9.67. The van der Waals surface area contributed by atoms with Gasteiger partial charge in [0.1, 0.15) is 0 Å². The molecule has 3 aromatic rings. The summed E-state index contributed by atoms with van der Waals surface area (Å²) < 4.78 is 5.72. The Balaban J connectivity index is 1.49. The third kappa shape index (κ3) is 4.75. The highest BCUT2D eigenvalue weighted by Crippen LogP contribution is 2.30. The van der Waals surface area contributed by atoms with Crippen molar-refractivity contribution in [2.24, 2.45) is 4.99 Å². The molecule has 2 N–H and O–H groups in total. The first-order chi connectivity index (χ1) is 14.7. The first kappa shape index (κ1) is 20.7. The van der Waals surface area contributed by atoms with Crippen LogP contribution in [-0.2, 0) is 6.54 Å². The lowest BCUT2D eigenvalue weighted by atomic mass is 10.1. The van der Waals surface area contributed by atoms with Gasteiger partial charge in [0.05, 0.1) is 17.5 Å². The Hall–Kier alpha value is -2.61. The van der Waals surface area contributed by atoms with Crippen LogP contribution in [0.1, 0.15) is 18.1 Å². The van der Waals surface area contributed by atoms with Crippen molar-refractivity contribution in [2.45, 2.75) is 19.0 Å². The largest absolute Gasteiger partial charge is 0.477 e. The Morgan fingerprint density at radius 2 is 2.07 bits per heavy atom. The van der Waals surface area contributed by atoms with Gasteiger partial charge in [-0.1, -0.05) is 47.6 Å². The van der Waals surface area contributed by atoms with E-state index in [1.54, 1.807) is 18.8 Å². The number of hydrogen-bond donors (Lipinski definition) is 2. The Morgan fingerprint density at radius 3 is 2.87 bits per heavy atom. The van der Waals surface area contributed by atoms with Gasteiger partial charge in [0.15, 0.2) is 5.50 Å². The van der Waals surface area contributed by atoms with Gasteiger partial charge in [-0.2, -0.15) is 4.98 Å². The van der Waals surface area contributed by atoms with Crippen LogP contribution in [0.5, 0.6) is 5.88 Å². The van der Waals surface area contributed by atoms with E-state index in [2.05, 4.69) is 31.7 Å². The second kappa shape index (κ2) is 9.47. The molecule has 0 aliphatic carbocycles. The normalized spacial score (nSPS) is 17.0. The van der Waals surface area contributed by atoms with E-state index in [4.69, 9.17) is 16.3 Å². The van der Waals surface area contributed by atoms with Gasteiger partial charge >= 0.3 is 0 Å². The number of nitrogens with zero attached hydrogens (tertiary/aromatic N) is 3. The van der Waals surface area contributed by atoms with Crippen molar-refractivity contribution in [1.82, 2.24) is 15.3 Å². The summed E-state index contributed by atoms with van der Waals surface area (Å²) in [6.45, 7) is 3.16. The molecule has 4 rings (SSSR count). The van der Waals surface area contributed by atoms with Gasteiger partial charge in [-0.25, -0.2) is 4.98 Å². The number of anilines is 1. The average molecular weight is 440 g/mol. The number of nitrogens with one attached hydrogen (secondary N) is 2. The number of hydrogen-bond acceptors (Lipinski definition) is 7.